The Morgan fingerprint density at radius 3 is 2.96 bits per heavy atom. The normalized spacial score (nSPS) is 20.5. The van der Waals surface area contributed by atoms with E-state index in [1.807, 2.05) is 24.3 Å². The van der Waals surface area contributed by atoms with Crippen LogP contribution in [0, 0.1) is 11.3 Å². The number of aromatic nitrogens is 1. The number of hydrogen-bond acceptors (Lipinski definition) is 6. The lowest BCUT2D eigenvalue weighted by atomic mass is 9.91. The van der Waals surface area contributed by atoms with Crippen LogP contribution in [0.5, 0.6) is 0 Å². The van der Waals surface area contributed by atoms with Gasteiger partial charge in [0.15, 0.2) is 0 Å². The summed E-state index contributed by atoms with van der Waals surface area (Å²) >= 11 is 0. The number of morpholine rings is 1. The fraction of sp³-hybridized carbons (Fsp3) is 0.500. The van der Waals surface area contributed by atoms with E-state index in [1.54, 1.807) is 0 Å². The van der Waals surface area contributed by atoms with Crippen molar-refractivity contribution in [3.63, 3.8) is 0 Å². The molecule has 1 N–H and O–H groups in total. The highest BCUT2D eigenvalue weighted by Crippen LogP contribution is 2.26. The molecular weight excluding hydrogens is 328 g/mol. The van der Waals surface area contributed by atoms with Gasteiger partial charge in [0.05, 0.1) is 24.8 Å². The van der Waals surface area contributed by atoms with Gasteiger partial charge in [-0.3, -0.25) is 4.90 Å². The topological polar surface area (TPSA) is 74.3 Å². The predicted octanol–water partition coefficient (Wildman–Crippen LogP) is 2.03. The van der Waals surface area contributed by atoms with Gasteiger partial charge in [0.2, 0.25) is 0 Å². The molecule has 1 aromatic carbocycles. The molecule has 1 aliphatic heterocycles. The van der Waals surface area contributed by atoms with E-state index in [2.05, 4.69) is 21.4 Å². The van der Waals surface area contributed by atoms with Crippen molar-refractivity contribution in [3.05, 3.63) is 52.4 Å². The van der Waals surface area contributed by atoms with E-state index in [1.165, 1.54) is 5.56 Å². The third-order valence-corrected chi connectivity index (χ3v) is 5.32. The van der Waals surface area contributed by atoms with Gasteiger partial charge < -0.3 is 14.6 Å². The van der Waals surface area contributed by atoms with E-state index in [-0.39, 0.29) is 0 Å². The Hall–Kier alpha value is -2.20. The van der Waals surface area contributed by atoms with Crippen molar-refractivity contribution < 1.29 is 9.26 Å². The van der Waals surface area contributed by atoms with Gasteiger partial charge in [0.25, 0.3) is 0 Å². The second kappa shape index (κ2) is 8.00. The molecule has 0 spiro atoms. The first kappa shape index (κ1) is 17.2. The van der Waals surface area contributed by atoms with Gasteiger partial charge >= 0.3 is 0 Å². The Morgan fingerprint density at radius 1 is 1.27 bits per heavy atom. The number of nitrogens with zero attached hydrogens (tertiary/aromatic N) is 3. The molecule has 2 heterocycles. The van der Waals surface area contributed by atoms with Crippen molar-refractivity contribution >= 4 is 0 Å². The molecule has 0 bridgehead atoms. The molecule has 1 fully saturated rings. The zero-order chi connectivity index (χ0) is 17.8. The Labute approximate surface area is 153 Å². The molecule has 1 unspecified atom stereocenters. The molecule has 0 radical (unpaired) electrons. The van der Waals surface area contributed by atoms with E-state index in [0.717, 1.165) is 74.7 Å². The zero-order valence-electron chi connectivity index (χ0n) is 14.9. The van der Waals surface area contributed by atoms with Crippen LogP contribution in [0.25, 0.3) is 0 Å². The van der Waals surface area contributed by atoms with Crippen molar-refractivity contribution in [1.82, 2.24) is 15.4 Å². The van der Waals surface area contributed by atoms with Gasteiger partial charge in [-0.05, 0) is 24.5 Å². The predicted molar refractivity (Wildman–Crippen MR) is 96.4 cm³/mol. The first-order chi connectivity index (χ1) is 12.8. The zero-order valence-corrected chi connectivity index (χ0v) is 14.9. The Kier molecular flexibility index (Phi) is 5.30. The lowest BCUT2D eigenvalue weighted by Gasteiger charge is -2.27. The van der Waals surface area contributed by atoms with Crippen molar-refractivity contribution in [3.8, 4) is 6.07 Å². The number of hydrogen-bond donors (Lipinski definition) is 1. The third kappa shape index (κ3) is 3.80. The number of benzene rings is 1. The number of fused-ring (bicyclic) bond motifs is 1. The van der Waals surface area contributed by atoms with Crippen molar-refractivity contribution in [1.29, 1.82) is 5.26 Å². The molecule has 2 aromatic rings. The first-order valence-electron chi connectivity index (χ1n) is 9.31. The third-order valence-electron chi connectivity index (χ3n) is 5.32. The van der Waals surface area contributed by atoms with Gasteiger partial charge in [-0.25, -0.2) is 0 Å². The summed E-state index contributed by atoms with van der Waals surface area (Å²) in [5.41, 5.74) is 4.15. The van der Waals surface area contributed by atoms with Crippen molar-refractivity contribution in [2.45, 2.75) is 38.4 Å². The largest absolute Gasteiger partial charge is 0.379 e. The Bertz CT molecular complexity index is 789. The van der Waals surface area contributed by atoms with E-state index in [4.69, 9.17) is 9.26 Å². The molecule has 136 valence electrons. The molecule has 1 atom stereocenters. The molecule has 0 amide bonds. The Morgan fingerprint density at radius 2 is 2.12 bits per heavy atom. The molecule has 1 aliphatic carbocycles. The lowest BCUT2D eigenvalue weighted by Crippen LogP contribution is -2.37. The maximum atomic E-state index is 9.24. The highest BCUT2D eigenvalue weighted by atomic mass is 16.5. The fourth-order valence-corrected chi connectivity index (χ4v) is 3.77. The van der Waals surface area contributed by atoms with E-state index in [0.29, 0.717) is 12.6 Å². The van der Waals surface area contributed by atoms with Crippen LogP contribution in [0.1, 0.15) is 34.6 Å². The fourth-order valence-electron chi connectivity index (χ4n) is 3.77. The van der Waals surface area contributed by atoms with Gasteiger partial charge in [0.1, 0.15) is 11.5 Å². The maximum absolute atomic E-state index is 9.24. The monoisotopic (exact) mass is 352 g/mol. The maximum Gasteiger partial charge on any atom is 0.140 e. The number of ether oxygens (including phenoxy) is 1. The summed E-state index contributed by atoms with van der Waals surface area (Å²) in [6.45, 7) is 5.05. The smallest absolute Gasteiger partial charge is 0.140 e. The number of nitrogens with one attached hydrogen (secondary N) is 1. The van der Waals surface area contributed by atoms with Gasteiger partial charge in [-0.2, -0.15) is 5.26 Å². The minimum absolute atomic E-state index is 0.386. The van der Waals surface area contributed by atoms with Crippen molar-refractivity contribution in [2.24, 2.45) is 0 Å². The van der Waals surface area contributed by atoms with Crippen LogP contribution in [-0.2, 0) is 30.7 Å². The molecule has 1 aromatic heterocycles. The summed E-state index contributed by atoms with van der Waals surface area (Å²) in [5, 5.41) is 17.2. The van der Waals surface area contributed by atoms with Gasteiger partial charge in [0, 0.05) is 44.2 Å². The van der Waals surface area contributed by atoms with Crippen LogP contribution in [0.15, 0.2) is 28.8 Å². The number of rotatable bonds is 5. The van der Waals surface area contributed by atoms with Crippen LogP contribution in [0.4, 0.5) is 0 Å². The van der Waals surface area contributed by atoms with Crippen LogP contribution >= 0.6 is 0 Å². The number of nitriles is 1. The average molecular weight is 352 g/mol. The second-order valence-electron chi connectivity index (χ2n) is 7.01. The van der Waals surface area contributed by atoms with Gasteiger partial charge in [-0.1, -0.05) is 23.4 Å². The summed E-state index contributed by atoms with van der Waals surface area (Å²) in [6.07, 6.45) is 2.89. The molecule has 2 aliphatic rings. The minimum atomic E-state index is 0.386. The molecule has 0 saturated carbocycles. The summed E-state index contributed by atoms with van der Waals surface area (Å²) in [7, 11) is 0. The molecule has 6 heteroatoms. The highest BCUT2D eigenvalue weighted by Gasteiger charge is 2.26. The molecule has 4 rings (SSSR count). The molecular formula is C20H24N4O2. The van der Waals surface area contributed by atoms with E-state index >= 15 is 0 Å². The quantitative estimate of drug-likeness (QED) is 0.887. The summed E-state index contributed by atoms with van der Waals surface area (Å²) in [6, 6.07) is 10.4. The molecule has 26 heavy (non-hydrogen) atoms. The SMILES string of the molecule is N#Cc1ccccc1CNC1CCc2onc(CN3CCOCC3)c2C1. The molecule has 6 nitrogen and oxygen atoms in total. The summed E-state index contributed by atoms with van der Waals surface area (Å²) < 4.78 is 11.0. The minimum Gasteiger partial charge on any atom is -0.379 e. The average Bonchev–Trinajstić information content (AvgIpc) is 3.09. The van der Waals surface area contributed by atoms with E-state index < -0.39 is 0 Å². The van der Waals surface area contributed by atoms with Gasteiger partial charge in [-0.15, -0.1) is 0 Å². The highest BCUT2D eigenvalue weighted by molar-refractivity contribution is 5.37. The van der Waals surface area contributed by atoms with Crippen LogP contribution in [0.3, 0.4) is 0 Å². The number of aryl methyl sites for hydroxylation is 1. The summed E-state index contributed by atoms with van der Waals surface area (Å²) in [5.74, 6) is 1.05. The first-order valence-corrected chi connectivity index (χ1v) is 9.31. The molecule has 1 saturated heterocycles. The standard InChI is InChI=1S/C20H24N4O2/c21-12-15-3-1-2-4-16(15)13-22-17-5-6-20-18(11-17)19(23-26-20)14-24-7-9-25-10-8-24/h1-4,17,22H,5-11,13-14H2. The second-order valence-corrected chi connectivity index (χ2v) is 7.01. The lowest BCUT2D eigenvalue weighted by molar-refractivity contribution is 0.0331. The van der Waals surface area contributed by atoms with E-state index in [9.17, 15) is 5.26 Å². The van der Waals surface area contributed by atoms with Crippen LogP contribution in [-0.4, -0.2) is 42.4 Å². The van der Waals surface area contributed by atoms with Crippen LogP contribution in [0.2, 0.25) is 0 Å². The van der Waals surface area contributed by atoms with Crippen LogP contribution < -0.4 is 5.32 Å². The van der Waals surface area contributed by atoms with Crippen molar-refractivity contribution in [2.75, 3.05) is 26.3 Å². The Balaban J connectivity index is 1.39. The summed E-state index contributed by atoms with van der Waals surface area (Å²) in [4.78, 5) is 2.38.